The lowest BCUT2D eigenvalue weighted by molar-refractivity contribution is -0.116. The van der Waals surface area contributed by atoms with Crippen molar-refractivity contribution < 1.29 is 14.3 Å². The summed E-state index contributed by atoms with van der Waals surface area (Å²) in [5, 5.41) is 5.20. The second-order valence-electron chi connectivity index (χ2n) is 6.59. The van der Waals surface area contributed by atoms with Crippen molar-refractivity contribution in [3.05, 3.63) is 77.0 Å². The van der Waals surface area contributed by atoms with Gasteiger partial charge in [0.15, 0.2) is 0 Å². The molecule has 28 heavy (non-hydrogen) atoms. The smallest absolute Gasteiger partial charge is 0.225 e. The van der Waals surface area contributed by atoms with Crippen molar-refractivity contribution in [2.24, 2.45) is 0 Å². The van der Waals surface area contributed by atoms with Gasteiger partial charge in [-0.1, -0.05) is 36.9 Å². The van der Waals surface area contributed by atoms with Gasteiger partial charge in [0.25, 0.3) is 0 Å². The fourth-order valence-electron chi connectivity index (χ4n) is 3.43. The minimum Gasteiger partial charge on any atom is -0.497 e. The Hall–Kier alpha value is -3.05. The van der Waals surface area contributed by atoms with E-state index in [1.54, 1.807) is 24.5 Å². The second-order valence-corrected chi connectivity index (χ2v) is 7.50. The van der Waals surface area contributed by atoms with Gasteiger partial charge in [-0.2, -0.15) is 0 Å². The normalized spacial score (nSPS) is 15.5. The molecule has 0 radical (unpaired) electrons. The van der Waals surface area contributed by atoms with Crippen LogP contribution in [-0.4, -0.2) is 19.6 Å². The Morgan fingerprint density at radius 1 is 1.14 bits per heavy atom. The molecular weight excluding hydrogens is 370 g/mol. The molecule has 0 fully saturated rings. The summed E-state index contributed by atoms with van der Waals surface area (Å²) in [6.45, 7) is 4.14. The summed E-state index contributed by atoms with van der Waals surface area (Å²) in [5.41, 5.74) is 4.15. The van der Waals surface area contributed by atoms with Gasteiger partial charge >= 0.3 is 0 Å². The summed E-state index contributed by atoms with van der Waals surface area (Å²) in [7, 11) is 1.65. The van der Waals surface area contributed by atoms with E-state index in [0.29, 0.717) is 13.0 Å². The lowest BCUT2D eigenvalue weighted by Crippen LogP contribution is -2.22. The quantitative estimate of drug-likeness (QED) is 0.568. The van der Waals surface area contributed by atoms with Crippen LogP contribution in [0, 0.1) is 0 Å². The zero-order valence-corrected chi connectivity index (χ0v) is 16.4. The van der Waals surface area contributed by atoms with Crippen LogP contribution >= 0.6 is 11.3 Å². The molecule has 1 atom stereocenters. The highest BCUT2D eigenvalue weighted by Gasteiger charge is 2.30. The Labute approximate surface area is 168 Å². The van der Waals surface area contributed by atoms with E-state index in [2.05, 4.69) is 17.3 Å². The molecule has 0 spiro atoms. The topological polar surface area (TPSA) is 47.6 Å². The molecule has 0 saturated heterocycles. The molecule has 1 unspecified atom stereocenters. The van der Waals surface area contributed by atoms with Crippen molar-refractivity contribution in [3.8, 4) is 22.6 Å². The number of anilines is 1. The SMILES string of the molecule is C=CCOc1ccc(C2CC(=O)Nc3c(-c4ccc(OC)cc4)csc32)cc1. The molecule has 1 aliphatic rings. The molecule has 142 valence electrons. The summed E-state index contributed by atoms with van der Waals surface area (Å²) in [4.78, 5) is 13.6. The Kier molecular flexibility index (Phi) is 5.17. The average molecular weight is 391 g/mol. The highest BCUT2D eigenvalue weighted by molar-refractivity contribution is 7.11. The summed E-state index contributed by atoms with van der Waals surface area (Å²) < 4.78 is 10.8. The van der Waals surface area contributed by atoms with Gasteiger partial charge < -0.3 is 14.8 Å². The average Bonchev–Trinajstić information content (AvgIpc) is 3.16. The minimum absolute atomic E-state index is 0.0395. The van der Waals surface area contributed by atoms with E-state index in [9.17, 15) is 4.79 Å². The van der Waals surface area contributed by atoms with Gasteiger partial charge in [-0.25, -0.2) is 0 Å². The Bertz CT molecular complexity index is 990. The first-order valence-corrected chi connectivity index (χ1v) is 9.97. The van der Waals surface area contributed by atoms with Gasteiger partial charge in [0.05, 0.1) is 12.8 Å². The molecule has 1 aliphatic heterocycles. The third-order valence-electron chi connectivity index (χ3n) is 4.84. The maximum absolute atomic E-state index is 12.4. The predicted octanol–water partition coefficient (Wildman–Crippen LogP) is 5.46. The lowest BCUT2D eigenvalue weighted by Gasteiger charge is -2.24. The first-order chi connectivity index (χ1) is 13.7. The van der Waals surface area contributed by atoms with Gasteiger partial charge in [-0.3, -0.25) is 4.79 Å². The van der Waals surface area contributed by atoms with Crippen LogP contribution in [0.15, 0.2) is 66.6 Å². The van der Waals surface area contributed by atoms with E-state index in [1.807, 2.05) is 48.5 Å². The molecule has 1 aromatic heterocycles. The summed E-state index contributed by atoms with van der Waals surface area (Å²) >= 11 is 1.69. The van der Waals surface area contributed by atoms with Crippen LogP contribution in [0.1, 0.15) is 22.8 Å². The molecule has 2 heterocycles. The van der Waals surface area contributed by atoms with Crippen LogP contribution in [0.2, 0.25) is 0 Å². The molecule has 4 nitrogen and oxygen atoms in total. The van der Waals surface area contributed by atoms with Gasteiger partial charge in [-0.05, 0) is 35.4 Å². The summed E-state index contributed by atoms with van der Waals surface area (Å²) in [6.07, 6.45) is 2.17. The van der Waals surface area contributed by atoms with E-state index < -0.39 is 0 Å². The largest absolute Gasteiger partial charge is 0.497 e. The molecule has 1 N–H and O–H groups in total. The molecule has 0 bridgehead atoms. The number of methoxy groups -OCH3 is 1. The number of ether oxygens (including phenoxy) is 2. The third-order valence-corrected chi connectivity index (χ3v) is 5.94. The van der Waals surface area contributed by atoms with E-state index >= 15 is 0 Å². The Balaban J connectivity index is 1.67. The molecule has 0 aliphatic carbocycles. The van der Waals surface area contributed by atoms with E-state index in [0.717, 1.165) is 33.9 Å². The van der Waals surface area contributed by atoms with Gasteiger partial charge in [0, 0.05) is 28.2 Å². The van der Waals surface area contributed by atoms with Crippen molar-refractivity contribution in [2.75, 3.05) is 19.0 Å². The first-order valence-electron chi connectivity index (χ1n) is 9.09. The van der Waals surface area contributed by atoms with Gasteiger partial charge in [-0.15, -0.1) is 11.3 Å². The van der Waals surface area contributed by atoms with Crippen LogP contribution in [-0.2, 0) is 4.79 Å². The second kappa shape index (κ2) is 7.90. The van der Waals surface area contributed by atoms with Crippen LogP contribution < -0.4 is 14.8 Å². The minimum atomic E-state index is 0.0395. The number of carbonyl (C=O) groups is 1. The van der Waals surface area contributed by atoms with Crippen LogP contribution in [0.4, 0.5) is 5.69 Å². The summed E-state index contributed by atoms with van der Waals surface area (Å²) in [6, 6.07) is 15.9. The highest BCUT2D eigenvalue weighted by Crippen LogP contribution is 2.46. The predicted molar refractivity (Wildman–Crippen MR) is 114 cm³/mol. The molecule has 4 rings (SSSR count). The molecule has 0 saturated carbocycles. The third kappa shape index (κ3) is 3.53. The van der Waals surface area contributed by atoms with Crippen molar-refractivity contribution in [2.45, 2.75) is 12.3 Å². The Morgan fingerprint density at radius 2 is 1.86 bits per heavy atom. The Morgan fingerprint density at radius 3 is 2.54 bits per heavy atom. The number of rotatable bonds is 6. The highest BCUT2D eigenvalue weighted by atomic mass is 32.1. The standard InChI is InChI=1S/C23H21NO3S/c1-3-12-27-18-10-6-15(7-11-18)19-13-21(25)24-22-20(14-28-23(19)22)16-4-8-17(26-2)9-5-16/h3-11,14,19H,1,12-13H2,2H3,(H,24,25). The number of hydrogen-bond acceptors (Lipinski definition) is 4. The zero-order chi connectivity index (χ0) is 19.5. The number of fused-ring (bicyclic) bond motifs is 1. The van der Waals surface area contributed by atoms with Crippen molar-refractivity contribution >= 4 is 22.9 Å². The van der Waals surface area contributed by atoms with Crippen molar-refractivity contribution in [3.63, 3.8) is 0 Å². The number of carbonyl (C=O) groups excluding carboxylic acids is 1. The number of amides is 1. The van der Waals surface area contributed by atoms with E-state index in [4.69, 9.17) is 9.47 Å². The fraction of sp³-hybridized carbons (Fsp3) is 0.174. The van der Waals surface area contributed by atoms with Crippen LogP contribution in [0.3, 0.4) is 0 Å². The molecule has 2 aromatic carbocycles. The van der Waals surface area contributed by atoms with Gasteiger partial charge in [0.2, 0.25) is 5.91 Å². The molecule has 3 aromatic rings. The number of benzene rings is 2. The maximum Gasteiger partial charge on any atom is 0.225 e. The van der Waals surface area contributed by atoms with Crippen LogP contribution in [0.25, 0.3) is 11.1 Å². The van der Waals surface area contributed by atoms with Crippen molar-refractivity contribution in [1.29, 1.82) is 0 Å². The molecule has 5 heteroatoms. The summed E-state index contributed by atoms with van der Waals surface area (Å²) in [5.74, 6) is 1.70. The number of nitrogens with one attached hydrogen (secondary N) is 1. The van der Waals surface area contributed by atoms with Crippen molar-refractivity contribution in [1.82, 2.24) is 0 Å². The van der Waals surface area contributed by atoms with Crippen LogP contribution in [0.5, 0.6) is 11.5 Å². The van der Waals surface area contributed by atoms with E-state index in [-0.39, 0.29) is 11.8 Å². The number of thiophene rings is 1. The molecular formula is C23H21NO3S. The monoisotopic (exact) mass is 391 g/mol. The lowest BCUT2D eigenvalue weighted by atomic mass is 9.89. The van der Waals surface area contributed by atoms with E-state index in [1.165, 1.54) is 4.88 Å². The first kappa shape index (κ1) is 18.3. The maximum atomic E-state index is 12.4. The fourth-order valence-corrected chi connectivity index (χ4v) is 4.59. The zero-order valence-electron chi connectivity index (χ0n) is 15.6. The number of hydrogen-bond donors (Lipinski definition) is 1. The molecule has 1 amide bonds. The van der Waals surface area contributed by atoms with Gasteiger partial charge in [0.1, 0.15) is 18.1 Å².